The zero-order valence-electron chi connectivity index (χ0n) is 10.9. The number of carbonyl (C=O) groups is 5. The van der Waals surface area contributed by atoms with Crippen molar-refractivity contribution in [1.82, 2.24) is 0 Å². The van der Waals surface area contributed by atoms with Gasteiger partial charge in [0.2, 0.25) is 0 Å². The average molecular weight is 350 g/mol. The van der Waals surface area contributed by atoms with E-state index in [1.165, 1.54) is 0 Å². The van der Waals surface area contributed by atoms with Crippen molar-refractivity contribution in [3.63, 3.8) is 0 Å². The molecule has 0 saturated heterocycles. The summed E-state index contributed by atoms with van der Waals surface area (Å²) in [6, 6.07) is 0. The second kappa shape index (κ2) is 11.8. The van der Waals surface area contributed by atoms with Crippen LogP contribution < -0.4 is 0 Å². The fourth-order valence-corrected chi connectivity index (χ4v) is 0.967. The predicted octanol–water partition coefficient (Wildman–Crippen LogP) is -2.99. The van der Waals surface area contributed by atoms with Crippen LogP contribution >= 0.6 is 0 Å². The molecule has 0 aliphatic heterocycles. The molecule has 12 nitrogen and oxygen atoms in total. The normalized spacial score (nSPS) is 11.0. The molecule has 0 aromatic carbocycles. The molecule has 0 aliphatic carbocycles. The van der Waals surface area contributed by atoms with Crippen LogP contribution in [0.15, 0.2) is 0 Å². The molecule has 0 aromatic rings. The number of rotatable bonds is 8. The number of hydrogen-bond acceptors (Lipinski definition) is 7. The second-order valence-corrected chi connectivity index (χ2v) is 3.93. The number of aliphatic hydroxyl groups is 2. The first-order chi connectivity index (χ1) is 9.81. The van der Waals surface area contributed by atoms with E-state index < -0.39 is 60.8 Å². The monoisotopic (exact) mass is 350 g/mol. The maximum atomic E-state index is 10.3. The van der Waals surface area contributed by atoms with E-state index in [4.69, 9.17) is 35.7 Å². The number of carboxylic acid groups (broad SMARTS) is 5. The molecule has 0 amide bonds. The zero-order chi connectivity index (χ0) is 18.1. The molecular formula is C10H15NaO12. The molecule has 1 unspecified atom stereocenters. The van der Waals surface area contributed by atoms with Gasteiger partial charge in [0.1, 0.15) is 0 Å². The summed E-state index contributed by atoms with van der Waals surface area (Å²) in [5.74, 6) is -7.86. The van der Waals surface area contributed by atoms with E-state index in [0.717, 1.165) is 0 Å². The summed E-state index contributed by atoms with van der Waals surface area (Å²) >= 11 is 0. The van der Waals surface area contributed by atoms with Gasteiger partial charge in [-0.2, -0.15) is 0 Å². The summed E-state index contributed by atoms with van der Waals surface area (Å²) < 4.78 is 0. The molecule has 0 heterocycles. The van der Waals surface area contributed by atoms with E-state index >= 15 is 0 Å². The average Bonchev–Trinajstić information content (AvgIpc) is 2.25. The number of carboxylic acids is 5. The molecule has 0 aromatic heterocycles. The number of aliphatic hydroxyl groups excluding tert-OH is 1. The summed E-state index contributed by atoms with van der Waals surface area (Å²) in [5, 5.41) is 58.0. The van der Waals surface area contributed by atoms with Crippen LogP contribution in [0.1, 0.15) is 19.3 Å². The van der Waals surface area contributed by atoms with Crippen LogP contribution in [0.3, 0.4) is 0 Å². The van der Waals surface area contributed by atoms with Crippen molar-refractivity contribution < 1.29 is 59.7 Å². The van der Waals surface area contributed by atoms with Crippen LogP contribution in [0, 0.1) is 0 Å². The third kappa shape index (κ3) is 13.6. The van der Waals surface area contributed by atoms with Crippen molar-refractivity contribution >= 4 is 59.4 Å². The van der Waals surface area contributed by atoms with Crippen LogP contribution in [-0.4, -0.2) is 107 Å². The molecule has 1 atom stereocenters. The molecule has 128 valence electrons. The number of hydrogen-bond donors (Lipinski definition) is 7. The van der Waals surface area contributed by atoms with Gasteiger partial charge in [0, 0.05) is 0 Å². The molecule has 13 heteroatoms. The molecular weight excluding hydrogens is 335 g/mol. The summed E-state index contributed by atoms with van der Waals surface area (Å²) in [7, 11) is 0. The Morgan fingerprint density at radius 1 is 0.783 bits per heavy atom. The van der Waals surface area contributed by atoms with Gasteiger partial charge in [-0.05, 0) is 0 Å². The van der Waals surface area contributed by atoms with Gasteiger partial charge in [-0.15, -0.1) is 0 Å². The molecule has 23 heavy (non-hydrogen) atoms. The SMILES string of the molecule is O=C(O)CC(O)(CC(=O)O)C(=O)O.O=C(O)CC(O)C(=O)O.[NaH]. The first-order valence-electron chi connectivity index (χ1n) is 5.34. The van der Waals surface area contributed by atoms with Crippen molar-refractivity contribution in [1.29, 1.82) is 0 Å². The van der Waals surface area contributed by atoms with Gasteiger partial charge in [0.05, 0.1) is 19.3 Å². The standard InChI is InChI=1S/C6H8O7.C4H6O5.Na.H/c7-3(8)1-6(13,5(11)12)2-4(9)10;5-2(4(8)9)1-3(6)7;;/h13H,1-2H2,(H,7,8)(H,9,10)(H,11,12);2,5H,1H2,(H,6,7)(H,8,9);;. The van der Waals surface area contributed by atoms with Crippen molar-refractivity contribution in [3.05, 3.63) is 0 Å². The summed E-state index contributed by atoms with van der Waals surface area (Å²) in [5.41, 5.74) is -2.74. The van der Waals surface area contributed by atoms with Crippen LogP contribution in [0.25, 0.3) is 0 Å². The Hall–Kier alpha value is -1.73. The Labute approximate surface area is 150 Å². The Balaban J connectivity index is -0.000000354. The van der Waals surface area contributed by atoms with Crippen LogP contribution in [0.5, 0.6) is 0 Å². The first-order valence-corrected chi connectivity index (χ1v) is 5.34. The predicted molar refractivity (Wildman–Crippen MR) is 70.1 cm³/mol. The topological polar surface area (TPSA) is 227 Å². The molecule has 0 fully saturated rings. The van der Waals surface area contributed by atoms with Gasteiger partial charge in [-0.1, -0.05) is 0 Å². The summed E-state index contributed by atoms with van der Waals surface area (Å²) in [6.07, 6.45) is -4.83. The Bertz CT molecular complexity index is 443. The molecule has 0 spiro atoms. The van der Waals surface area contributed by atoms with E-state index in [1.54, 1.807) is 0 Å². The van der Waals surface area contributed by atoms with Gasteiger partial charge in [0.15, 0.2) is 11.7 Å². The van der Waals surface area contributed by atoms with Gasteiger partial charge >= 0.3 is 59.4 Å². The minimum atomic E-state index is -2.74. The van der Waals surface area contributed by atoms with E-state index in [2.05, 4.69) is 0 Å². The minimum absolute atomic E-state index is 0. The van der Waals surface area contributed by atoms with Gasteiger partial charge in [-0.3, -0.25) is 14.4 Å². The molecule has 0 rings (SSSR count). The number of aliphatic carboxylic acids is 5. The van der Waals surface area contributed by atoms with Crippen LogP contribution in [-0.2, 0) is 24.0 Å². The van der Waals surface area contributed by atoms with Crippen LogP contribution in [0.4, 0.5) is 0 Å². The third-order valence-corrected chi connectivity index (χ3v) is 1.94. The Kier molecular flexibility index (Phi) is 13.4. The third-order valence-electron chi connectivity index (χ3n) is 1.94. The van der Waals surface area contributed by atoms with Crippen LogP contribution in [0.2, 0.25) is 0 Å². The Morgan fingerprint density at radius 2 is 1.13 bits per heavy atom. The molecule has 0 saturated carbocycles. The van der Waals surface area contributed by atoms with E-state index in [0.29, 0.717) is 0 Å². The van der Waals surface area contributed by atoms with E-state index in [9.17, 15) is 24.0 Å². The van der Waals surface area contributed by atoms with Gasteiger partial charge in [-0.25, -0.2) is 9.59 Å². The summed E-state index contributed by atoms with van der Waals surface area (Å²) in [6.45, 7) is 0. The molecule has 7 N–H and O–H groups in total. The van der Waals surface area contributed by atoms with Gasteiger partial charge < -0.3 is 35.7 Å². The fourth-order valence-electron chi connectivity index (χ4n) is 0.967. The molecule has 0 radical (unpaired) electrons. The zero-order valence-corrected chi connectivity index (χ0v) is 10.9. The van der Waals surface area contributed by atoms with Crippen molar-refractivity contribution in [2.24, 2.45) is 0 Å². The molecule has 0 aliphatic rings. The van der Waals surface area contributed by atoms with Crippen molar-refractivity contribution in [2.75, 3.05) is 0 Å². The maximum absolute atomic E-state index is 10.3. The quantitative estimate of drug-likeness (QED) is 0.217. The van der Waals surface area contributed by atoms with Gasteiger partial charge in [0.25, 0.3) is 0 Å². The molecule has 0 bridgehead atoms. The second-order valence-electron chi connectivity index (χ2n) is 3.93. The first kappa shape index (κ1) is 26.2. The summed E-state index contributed by atoms with van der Waals surface area (Å²) in [4.78, 5) is 49.9. The van der Waals surface area contributed by atoms with E-state index in [-0.39, 0.29) is 29.6 Å². The van der Waals surface area contributed by atoms with Crippen molar-refractivity contribution in [3.8, 4) is 0 Å². The Morgan fingerprint density at radius 3 is 1.26 bits per heavy atom. The van der Waals surface area contributed by atoms with Crippen molar-refractivity contribution in [2.45, 2.75) is 31.0 Å². The fraction of sp³-hybridized carbons (Fsp3) is 0.500. The van der Waals surface area contributed by atoms with E-state index in [1.807, 2.05) is 0 Å².